The van der Waals surface area contributed by atoms with Crippen LogP contribution in [0.15, 0.2) is 30.3 Å². The Labute approximate surface area is 166 Å². The van der Waals surface area contributed by atoms with Crippen LogP contribution < -0.4 is 4.74 Å². The molecule has 0 N–H and O–H groups in total. The Hall–Kier alpha value is -1.77. The smallest absolute Gasteiger partial charge is 0.330 e. The molecule has 3 nitrogen and oxygen atoms in total. The van der Waals surface area contributed by atoms with Crippen LogP contribution in [-0.2, 0) is 9.53 Å². The third-order valence-electron chi connectivity index (χ3n) is 4.52. The third kappa shape index (κ3) is 12.3. The van der Waals surface area contributed by atoms with Gasteiger partial charge in [-0.3, -0.25) is 0 Å². The highest BCUT2D eigenvalue weighted by Crippen LogP contribution is 2.20. The predicted octanol–water partition coefficient (Wildman–Crippen LogP) is 6.95. The first-order valence-electron chi connectivity index (χ1n) is 10.8. The number of hydrogen-bond acceptors (Lipinski definition) is 3. The summed E-state index contributed by atoms with van der Waals surface area (Å²) in [7, 11) is 0. The minimum atomic E-state index is -0.304. The fourth-order valence-electron chi connectivity index (χ4n) is 2.93. The van der Waals surface area contributed by atoms with Crippen molar-refractivity contribution in [3.05, 3.63) is 35.9 Å². The number of carbonyl (C=O) groups excluding carboxylic acids is 1. The summed E-state index contributed by atoms with van der Waals surface area (Å²) in [4.78, 5) is 11.6. The Bertz CT molecular complexity index is 522. The number of benzene rings is 1. The number of ether oxygens (including phenoxy) is 2. The molecular formula is C24H38O3. The van der Waals surface area contributed by atoms with Crippen molar-refractivity contribution in [1.82, 2.24) is 0 Å². The average Bonchev–Trinajstić information content (AvgIpc) is 2.69. The van der Waals surface area contributed by atoms with Crippen LogP contribution in [-0.4, -0.2) is 19.2 Å². The van der Waals surface area contributed by atoms with Crippen LogP contribution in [0, 0.1) is 0 Å². The highest BCUT2D eigenvalue weighted by molar-refractivity contribution is 5.87. The second kappa shape index (κ2) is 16.4. The Morgan fingerprint density at radius 1 is 0.815 bits per heavy atom. The zero-order chi connectivity index (χ0) is 19.6. The van der Waals surface area contributed by atoms with Gasteiger partial charge in [-0.15, -0.1) is 0 Å². The predicted molar refractivity (Wildman–Crippen MR) is 114 cm³/mol. The minimum Gasteiger partial charge on any atom is -0.493 e. The van der Waals surface area contributed by atoms with Gasteiger partial charge in [0.05, 0.1) is 13.2 Å². The molecule has 0 saturated heterocycles. The summed E-state index contributed by atoms with van der Waals surface area (Å²) in [6.45, 7) is 5.42. The van der Waals surface area contributed by atoms with E-state index >= 15 is 0 Å². The summed E-state index contributed by atoms with van der Waals surface area (Å²) < 4.78 is 11.0. The Morgan fingerprint density at radius 3 is 2.11 bits per heavy atom. The van der Waals surface area contributed by atoms with E-state index in [9.17, 15) is 4.79 Å². The summed E-state index contributed by atoms with van der Waals surface area (Å²) >= 11 is 0. The van der Waals surface area contributed by atoms with Crippen LogP contribution in [0.4, 0.5) is 0 Å². The second-order valence-corrected chi connectivity index (χ2v) is 7.07. The first-order valence-corrected chi connectivity index (χ1v) is 10.8. The molecule has 0 aliphatic rings. The highest BCUT2D eigenvalue weighted by Gasteiger charge is 2.02. The SMILES string of the molecule is CCCCCCCCCCCCOc1ccccc1C=CC(=O)OCCC. The van der Waals surface area contributed by atoms with Crippen LogP contribution >= 0.6 is 0 Å². The van der Waals surface area contributed by atoms with E-state index < -0.39 is 0 Å². The molecular weight excluding hydrogens is 336 g/mol. The molecule has 1 rings (SSSR count). The maximum absolute atomic E-state index is 11.6. The van der Waals surface area contributed by atoms with Crippen molar-refractivity contribution in [2.45, 2.75) is 84.5 Å². The van der Waals surface area contributed by atoms with E-state index in [1.807, 2.05) is 31.2 Å². The van der Waals surface area contributed by atoms with E-state index in [-0.39, 0.29) is 5.97 Å². The minimum absolute atomic E-state index is 0.304. The van der Waals surface area contributed by atoms with Crippen molar-refractivity contribution >= 4 is 12.0 Å². The van der Waals surface area contributed by atoms with Gasteiger partial charge < -0.3 is 9.47 Å². The second-order valence-electron chi connectivity index (χ2n) is 7.07. The first kappa shape index (κ1) is 23.3. The van der Waals surface area contributed by atoms with Gasteiger partial charge in [0, 0.05) is 11.6 Å². The van der Waals surface area contributed by atoms with Crippen molar-refractivity contribution in [2.24, 2.45) is 0 Å². The number of unbranched alkanes of at least 4 members (excludes halogenated alkanes) is 9. The van der Waals surface area contributed by atoms with E-state index in [0.717, 1.165) is 30.8 Å². The lowest BCUT2D eigenvalue weighted by Crippen LogP contribution is -2.01. The quantitative estimate of drug-likeness (QED) is 0.178. The van der Waals surface area contributed by atoms with Gasteiger partial charge in [-0.1, -0.05) is 89.8 Å². The number of esters is 1. The van der Waals surface area contributed by atoms with Crippen molar-refractivity contribution in [1.29, 1.82) is 0 Å². The van der Waals surface area contributed by atoms with Gasteiger partial charge >= 0.3 is 5.97 Å². The molecule has 0 unspecified atom stereocenters. The number of hydrogen-bond donors (Lipinski definition) is 0. The number of para-hydroxylation sites is 1. The molecule has 0 amide bonds. The molecule has 1 aromatic carbocycles. The highest BCUT2D eigenvalue weighted by atomic mass is 16.5. The van der Waals surface area contributed by atoms with E-state index in [4.69, 9.17) is 9.47 Å². The third-order valence-corrected chi connectivity index (χ3v) is 4.52. The molecule has 3 heteroatoms. The number of carbonyl (C=O) groups is 1. The molecule has 0 aliphatic carbocycles. The van der Waals surface area contributed by atoms with Crippen LogP contribution in [0.3, 0.4) is 0 Å². The summed E-state index contributed by atoms with van der Waals surface area (Å²) in [5.41, 5.74) is 0.915. The molecule has 0 aliphatic heterocycles. The molecule has 0 saturated carbocycles. The molecule has 1 aromatic rings. The van der Waals surface area contributed by atoms with Crippen molar-refractivity contribution in [2.75, 3.05) is 13.2 Å². The van der Waals surface area contributed by atoms with Crippen molar-refractivity contribution < 1.29 is 14.3 Å². The fourth-order valence-corrected chi connectivity index (χ4v) is 2.93. The zero-order valence-corrected chi connectivity index (χ0v) is 17.4. The summed E-state index contributed by atoms with van der Waals surface area (Å²) in [6.07, 6.45) is 17.2. The molecule has 0 heterocycles. The lowest BCUT2D eigenvalue weighted by atomic mass is 10.1. The first-order chi connectivity index (χ1) is 13.3. The summed E-state index contributed by atoms with van der Waals surface area (Å²) in [6, 6.07) is 7.82. The van der Waals surface area contributed by atoms with Gasteiger partial charge in [-0.25, -0.2) is 4.79 Å². The molecule has 0 aromatic heterocycles. The zero-order valence-electron chi connectivity index (χ0n) is 17.4. The molecule has 27 heavy (non-hydrogen) atoms. The topological polar surface area (TPSA) is 35.5 Å². The lowest BCUT2D eigenvalue weighted by molar-refractivity contribution is -0.137. The van der Waals surface area contributed by atoms with Crippen LogP contribution in [0.1, 0.15) is 90.0 Å². The van der Waals surface area contributed by atoms with Gasteiger partial charge in [0.25, 0.3) is 0 Å². The lowest BCUT2D eigenvalue weighted by Gasteiger charge is -2.09. The van der Waals surface area contributed by atoms with Gasteiger partial charge in [0.2, 0.25) is 0 Å². The molecule has 152 valence electrons. The standard InChI is InChI=1S/C24H38O3/c1-3-5-6-7-8-9-10-11-12-15-21-26-23-17-14-13-16-22(23)18-19-24(25)27-20-4-2/h13-14,16-19H,3-12,15,20-21H2,1-2H3. The molecule has 0 radical (unpaired) electrons. The van der Waals surface area contributed by atoms with E-state index in [1.54, 1.807) is 6.08 Å². The Balaban J connectivity index is 2.18. The maximum atomic E-state index is 11.6. The van der Waals surface area contributed by atoms with Crippen LogP contribution in [0.25, 0.3) is 6.08 Å². The van der Waals surface area contributed by atoms with Crippen molar-refractivity contribution in [3.8, 4) is 5.75 Å². The largest absolute Gasteiger partial charge is 0.493 e. The van der Waals surface area contributed by atoms with E-state index in [1.165, 1.54) is 63.9 Å². The summed E-state index contributed by atoms with van der Waals surface area (Å²) in [5.74, 6) is 0.523. The van der Waals surface area contributed by atoms with Crippen molar-refractivity contribution in [3.63, 3.8) is 0 Å². The van der Waals surface area contributed by atoms with Gasteiger partial charge in [0.15, 0.2) is 0 Å². The maximum Gasteiger partial charge on any atom is 0.330 e. The summed E-state index contributed by atoms with van der Waals surface area (Å²) in [5, 5.41) is 0. The molecule has 0 atom stereocenters. The van der Waals surface area contributed by atoms with Gasteiger partial charge in [-0.05, 0) is 25.0 Å². The molecule has 0 spiro atoms. The average molecular weight is 375 g/mol. The van der Waals surface area contributed by atoms with Gasteiger partial charge in [0.1, 0.15) is 5.75 Å². The van der Waals surface area contributed by atoms with E-state index in [0.29, 0.717) is 6.61 Å². The normalized spacial score (nSPS) is 11.0. The Morgan fingerprint density at radius 2 is 1.44 bits per heavy atom. The monoisotopic (exact) mass is 374 g/mol. The fraction of sp³-hybridized carbons (Fsp3) is 0.625. The number of rotatable bonds is 16. The molecule has 0 fully saturated rings. The van der Waals surface area contributed by atoms with Gasteiger partial charge in [-0.2, -0.15) is 0 Å². The van der Waals surface area contributed by atoms with E-state index in [2.05, 4.69) is 6.92 Å². The van der Waals surface area contributed by atoms with Crippen LogP contribution in [0.5, 0.6) is 5.75 Å². The molecule has 0 bridgehead atoms. The Kier molecular flexibility index (Phi) is 14.1. The van der Waals surface area contributed by atoms with Crippen LogP contribution in [0.2, 0.25) is 0 Å².